The van der Waals surface area contributed by atoms with E-state index < -0.39 is 6.10 Å². The van der Waals surface area contributed by atoms with Gasteiger partial charge in [0.15, 0.2) is 0 Å². The molecule has 126 valence electrons. The van der Waals surface area contributed by atoms with Gasteiger partial charge in [0.2, 0.25) is 0 Å². The van der Waals surface area contributed by atoms with Crippen LogP contribution in [0.4, 0.5) is 0 Å². The van der Waals surface area contributed by atoms with Crippen molar-refractivity contribution in [3.8, 4) is 16.5 Å². The van der Waals surface area contributed by atoms with Gasteiger partial charge in [0.05, 0.1) is 0 Å². The quantitative estimate of drug-likeness (QED) is 0.600. The van der Waals surface area contributed by atoms with Crippen LogP contribution in [0.3, 0.4) is 0 Å². The molecule has 2 rings (SSSR count). The molecule has 0 amide bonds. The molecule has 0 aromatic heterocycles. The van der Waals surface area contributed by atoms with Gasteiger partial charge in [0, 0.05) is 0 Å². The van der Waals surface area contributed by atoms with Gasteiger partial charge in [-0.1, -0.05) is 0 Å². The fourth-order valence-electron chi connectivity index (χ4n) is 2.12. The molecule has 24 heavy (non-hydrogen) atoms. The summed E-state index contributed by atoms with van der Waals surface area (Å²) in [5.41, 5.74) is 3.37. The van der Waals surface area contributed by atoms with Crippen molar-refractivity contribution in [1.29, 1.82) is 0 Å². The van der Waals surface area contributed by atoms with Gasteiger partial charge in [0.1, 0.15) is 0 Å². The van der Waals surface area contributed by atoms with Crippen LogP contribution in [-0.2, 0) is 0 Å². The molecule has 0 radical (unpaired) electrons. The van der Waals surface area contributed by atoms with Crippen molar-refractivity contribution < 1.29 is 9.84 Å². The van der Waals surface area contributed by atoms with E-state index in [0.717, 1.165) is 16.9 Å². The summed E-state index contributed by atoms with van der Waals surface area (Å²) in [6, 6.07) is 16.2. The van der Waals surface area contributed by atoms with E-state index in [1.54, 1.807) is 0 Å². The third-order valence-corrected chi connectivity index (χ3v) is 5.30. The number of rotatable bonds is 6. The molecule has 1 N–H and O–H groups in total. The number of ether oxygens (including phenoxy) is 1. The summed E-state index contributed by atoms with van der Waals surface area (Å²) in [5, 5.41) is 10.8. The van der Waals surface area contributed by atoms with Gasteiger partial charge in [-0.15, -0.1) is 0 Å². The molecule has 0 bridgehead atoms. The molecule has 1 atom stereocenters. The van der Waals surface area contributed by atoms with Crippen LogP contribution >= 0.6 is 0 Å². The first-order valence-electron chi connectivity index (χ1n) is 8.15. The summed E-state index contributed by atoms with van der Waals surface area (Å²) < 4.78 is 5.82. The van der Waals surface area contributed by atoms with Crippen molar-refractivity contribution >= 4 is 15.0 Å². The van der Waals surface area contributed by atoms with E-state index >= 15 is 0 Å². The third-order valence-electron chi connectivity index (χ3n) is 3.63. The maximum absolute atomic E-state index is 10.1. The van der Waals surface area contributed by atoms with Gasteiger partial charge >= 0.3 is 151 Å². The van der Waals surface area contributed by atoms with Gasteiger partial charge in [-0.25, -0.2) is 0 Å². The number of aliphatic hydroxyl groups is 1. The number of aryl methyl sites for hydroxylation is 1. The number of benzene rings is 2. The van der Waals surface area contributed by atoms with E-state index in [1.807, 2.05) is 37.3 Å². The Kier molecular flexibility index (Phi) is 7.40. The average molecular weight is 387 g/mol. The van der Waals surface area contributed by atoms with Crippen LogP contribution in [0.5, 0.6) is 5.75 Å². The average Bonchev–Trinajstić information content (AvgIpc) is 2.58. The third kappa shape index (κ3) is 6.06. The molecule has 0 heterocycles. The van der Waals surface area contributed by atoms with Crippen LogP contribution in [-0.4, -0.2) is 32.8 Å². The van der Waals surface area contributed by atoms with Crippen LogP contribution in [0, 0.1) is 17.7 Å². The van der Waals surface area contributed by atoms with Crippen LogP contribution in [0.1, 0.15) is 36.5 Å². The molecule has 2 nitrogen and oxygen atoms in total. The monoisotopic (exact) mass is 388 g/mol. The van der Waals surface area contributed by atoms with Crippen molar-refractivity contribution in [2.24, 2.45) is 0 Å². The first-order valence-corrected chi connectivity index (χ1v) is 10.2. The number of aliphatic hydroxyl groups excluding tert-OH is 1. The SMILES string of the molecule is Cc1ccc(C(C)C)cc1OCC(O)C[Se]C#Cc1ccccc1. The van der Waals surface area contributed by atoms with E-state index in [4.69, 9.17) is 4.74 Å². The molecule has 0 saturated heterocycles. The second kappa shape index (κ2) is 9.55. The van der Waals surface area contributed by atoms with Crippen LogP contribution in [0.25, 0.3) is 0 Å². The van der Waals surface area contributed by atoms with Crippen LogP contribution < -0.4 is 4.74 Å². The summed E-state index contributed by atoms with van der Waals surface area (Å²) in [4.78, 5) is 3.16. The molecule has 0 aliphatic rings. The molecule has 0 aliphatic heterocycles. The standard InChI is InChI=1S/C21H24O2Se/c1-16(2)19-10-9-17(3)21(13-19)23-14-20(22)15-24-12-11-18-7-5-4-6-8-18/h4-10,13,16,20,22H,14-15H2,1-3H3. The zero-order valence-electron chi connectivity index (χ0n) is 14.5. The van der Waals surface area contributed by atoms with Crippen molar-refractivity contribution in [2.75, 3.05) is 6.61 Å². The van der Waals surface area contributed by atoms with Crippen molar-refractivity contribution in [2.45, 2.75) is 38.1 Å². The van der Waals surface area contributed by atoms with E-state index in [0.29, 0.717) is 17.8 Å². The Morgan fingerprint density at radius 3 is 2.58 bits per heavy atom. The normalized spacial score (nSPS) is 11.7. The molecule has 0 fully saturated rings. The Labute approximate surface area is 151 Å². The van der Waals surface area contributed by atoms with E-state index in [-0.39, 0.29) is 15.0 Å². The summed E-state index contributed by atoms with van der Waals surface area (Å²) in [6.07, 6.45) is -0.475. The van der Waals surface area contributed by atoms with Gasteiger partial charge in [0.25, 0.3) is 0 Å². The van der Waals surface area contributed by atoms with Crippen molar-refractivity contribution in [1.82, 2.24) is 0 Å². The Morgan fingerprint density at radius 1 is 1.12 bits per heavy atom. The maximum atomic E-state index is 10.1. The fraction of sp³-hybridized carbons (Fsp3) is 0.333. The van der Waals surface area contributed by atoms with Gasteiger partial charge < -0.3 is 0 Å². The van der Waals surface area contributed by atoms with E-state index in [9.17, 15) is 5.11 Å². The molecule has 1 unspecified atom stereocenters. The minimum absolute atomic E-state index is 0.0907. The minimum atomic E-state index is -0.475. The van der Waals surface area contributed by atoms with Crippen LogP contribution in [0.2, 0.25) is 5.32 Å². The van der Waals surface area contributed by atoms with Crippen molar-refractivity contribution in [3.63, 3.8) is 0 Å². The summed E-state index contributed by atoms with van der Waals surface area (Å²) in [6.45, 7) is 6.67. The van der Waals surface area contributed by atoms with Gasteiger partial charge in [-0.2, -0.15) is 0 Å². The Bertz CT molecular complexity index is 699. The summed E-state index contributed by atoms with van der Waals surface area (Å²) >= 11 is 0.0907. The second-order valence-corrected chi connectivity index (χ2v) is 7.78. The molecule has 3 heteroatoms. The topological polar surface area (TPSA) is 29.5 Å². The molecule has 0 spiro atoms. The van der Waals surface area contributed by atoms with Crippen molar-refractivity contribution in [3.05, 3.63) is 65.2 Å². The summed E-state index contributed by atoms with van der Waals surface area (Å²) in [5.74, 6) is 4.46. The molecule has 2 aromatic rings. The Hall–Kier alpha value is -1.72. The predicted molar refractivity (Wildman–Crippen MR) is 101 cm³/mol. The van der Waals surface area contributed by atoms with Gasteiger partial charge in [-0.05, 0) is 0 Å². The molecular weight excluding hydrogens is 363 g/mol. The van der Waals surface area contributed by atoms with E-state index in [1.165, 1.54) is 5.56 Å². The Morgan fingerprint density at radius 2 is 1.88 bits per heavy atom. The molecule has 0 saturated carbocycles. The predicted octanol–water partition coefficient (Wildman–Crippen LogP) is 3.99. The second-order valence-electron chi connectivity index (χ2n) is 6.05. The molecular formula is C21H24O2Se. The molecule has 2 aromatic carbocycles. The Balaban J connectivity index is 1.80. The fourth-order valence-corrected chi connectivity index (χ4v) is 3.30. The van der Waals surface area contributed by atoms with E-state index in [2.05, 4.69) is 42.8 Å². The number of hydrogen-bond donors (Lipinski definition) is 1. The zero-order chi connectivity index (χ0) is 17.4. The first-order chi connectivity index (χ1) is 11.6. The zero-order valence-corrected chi connectivity index (χ0v) is 16.2. The number of hydrogen-bond acceptors (Lipinski definition) is 2. The summed E-state index contributed by atoms with van der Waals surface area (Å²) in [7, 11) is 0. The van der Waals surface area contributed by atoms with Crippen LogP contribution in [0.15, 0.2) is 48.5 Å². The first kappa shape index (κ1) is 18.6. The van der Waals surface area contributed by atoms with Gasteiger partial charge in [-0.3, -0.25) is 0 Å². The molecule has 0 aliphatic carbocycles.